The van der Waals surface area contributed by atoms with Crippen molar-refractivity contribution in [3.8, 4) is 0 Å². The lowest BCUT2D eigenvalue weighted by Crippen LogP contribution is -2.32. The summed E-state index contributed by atoms with van der Waals surface area (Å²) in [6.07, 6.45) is 0.0397. The number of carbonyl (C=O) groups excluding carboxylic acids is 2. The number of rotatable bonds is 6. The van der Waals surface area contributed by atoms with E-state index in [0.29, 0.717) is 10.4 Å². The first kappa shape index (κ1) is 18.4. The highest BCUT2D eigenvalue weighted by molar-refractivity contribution is 7.16. The molecule has 0 aliphatic rings. The van der Waals surface area contributed by atoms with Gasteiger partial charge in [-0.05, 0) is 31.2 Å². The molecule has 0 bridgehead atoms. The average Bonchev–Trinajstić information content (AvgIpc) is 2.93. The molecule has 1 aromatic carbocycles. The molecular formula is C16H15ClF2N2O2S. The number of amides is 2. The molecule has 2 N–H and O–H groups in total. The molecule has 1 atom stereocenters. The predicted molar refractivity (Wildman–Crippen MR) is 89.2 cm³/mol. The Kier molecular flexibility index (Phi) is 6.28. The molecule has 128 valence electrons. The molecule has 0 saturated carbocycles. The van der Waals surface area contributed by atoms with Crippen LogP contribution in [0.1, 0.15) is 34.6 Å². The van der Waals surface area contributed by atoms with Gasteiger partial charge in [-0.1, -0.05) is 11.6 Å². The first-order chi connectivity index (χ1) is 11.4. The summed E-state index contributed by atoms with van der Waals surface area (Å²) in [4.78, 5) is 24.6. The van der Waals surface area contributed by atoms with E-state index in [9.17, 15) is 18.4 Å². The van der Waals surface area contributed by atoms with E-state index in [2.05, 4.69) is 10.6 Å². The van der Waals surface area contributed by atoms with Crippen molar-refractivity contribution < 1.29 is 18.4 Å². The molecule has 4 nitrogen and oxygen atoms in total. The molecule has 0 fully saturated rings. The molecular weight excluding hydrogens is 358 g/mol. The minimum atomic E-state index is -0.944. The van der Waals surface area contributed by atoms with E-state index in [-0.39, 0.29) is 30.5 Å². The molecule has 1 aromatic heterocycles. The molecule has 2 amide bonds. The lowest BCUT2D eigenvalue weighted by Gasteiger charge is -2.12. The molecule has 2 rings (SSSR count). The smallest absolute Gasteiger partial charge is 0.254 e. The Morgan fingerprint density at radius 2 is 2.00 bits per heavy atom. The van der Waals surface area contributed by atoms with E-state index in [1.54, 1.807) is 6.07 Å². The van der Waals surface area contributed by atoms with Crippen molar-refractivity contribution in [1.29, 1.82) is 0 Å². The summed E-state index contributed by atoms with van der Waals surface area (Å²) in [7, 11) is 0. The summed E-state index contributed by atoms with van der Waals surface area (Å²) in [6, 6.07) is 6.08. The van der Waals surface area contributed by atoms with Gasteiger partial charge in [-0.25, -0.2) is 8.78 Å². The first-order valence-corrected chi connectivity index (χ1v) is 8.34. The lowest BCUT2D eigenvalue weighted by atomic mass is 10.2. The maximum absolute atomic E-state index is 13.5. The zero-order chi connectivity index (χ0) is 17.7. The summed E-state index contributed by atoms with van der Waals surface area (Å²) >= 11 is 7.22. The Hall–Kier alpha value is -1.99. The van der Waals surface area contributed by atoms with Crippen LogP contribution >= 0.6 is 22.9 Å². The van der Waals surface area contributed by atoms with E-state index in [0.717, 1.165) is 17.0 Å². The number of hydrogen-bond donors (Lipinski definition) is 2. The van der Waals surface area contributed by atoms with Gasteiger partial charge in [0.25, 0.3) is 5.91 Å². The fourth-order valence-electron chi connectivity index (χ4n) is 2.00. The number of hydrogen-bond acceptors (Lipinski definition) is 3. The second kappa shape index (κ2) is 8.21. The van der Waals surface area contributed by atoms with Gasteiger partial charge in [-0.3, -0.25) is 9.59 Å². The Morgan fingerprint density at radius 3 is 2.62 bits per heavy atom. The van der Waals surface area contributed by atoms with E-state index >= 15 is 0 Å². The third kappa shape index (κ3) is 5.01. The van der Waals surface area contributed by atoms with E-state index in [1.165, 1.54) is 11.3 Å². The van der Waals surface area contributed by atoms with Crippen molar-refractivity contribution >= 4 is 34.8 Å². The van der Waals surface area contributed by atoms with Crippen LogP contribution in [0.5, 0.6) is 0 Å². The van der Waals surface area contributed by atoms with Crippen LogP contribution in [0.2, 0.25) is 4.34 Å². The highest BCUT2D eigenvalue weighted by atomic mass is 35.5. The van der Waals surface area contributed by atoms with Gasteiger partial charge < -0.3 is 10.6 Å². The van der Waals surface area contributed by atoms with Crippen LogP contribution in [0, 0.1) is 11.6 Å². The number of benzene rings is 1. The summed E-state index contributed by atoms with van der Waals surface area (Å²) in [5.41, 5.74) is -0.265. The van der Waals surface area contributed by atoms with Gasteiger partial charge >= 0.3 is 0 Å². The monoisotopic (exact) mass is 372 g/mol. The Balaban J connectivity index is 1.78. The molecule has 0 spiro atoms. The van der Waals surface area contributed by atoms with Crippen molar-refractivity contribution in [2.45, 2.75) is 19.4 Å². The zero-order valence-electron chi connectivity index (χ0n) is 12.7. The highest BCUT2D eigenvalue weighted by Gasteiger charge is 2.14. The molecule has 0 radical (unpaired) electrons. The number of thiophene rings is 1. The van der Waals surface area contributed by atoms with E-state index in [1.807, 2.05) is 13.0 Å². The predicted octanol–water partition coefficient (Wildman–Crippen LogP) is 3.68. The van der Waals surface area contributed by atoms with Crippen molar-refractivity contribution in [2.24, 2.45) is 0 Å². The fraction of sp³-hybridized carbons (Fsp3) is 0.250. The lowest BCUT2D eigenvalue weighted by molar-refractivity contribution is -0.121. The van der Waals surface area contributed by atoms with Crippen LogP contribution in [0.3, 0.4) is 0 Å². The maximum atomic E-state index is 13.5. The SMILES string of the molecule is CC(NC(=O)CCNC(=O)c1ccc(F)cc1F)c1ccc(Cl)s1. The molecule has 2 aromatic rings. The zero-order valence-corrected chi connectivity index (χ0v) is 14.3. The molecule has 24 heavy (non-hydrogen) atoms. The van der Waals surface area contributed by atoms with Gasteiger partial charge in [-0.15, -0.1) is 11.3 Å². The van der Waals surface area contributed by atoms with Crippen LogP contribution in [0.4, 0.5) is 8.78 Å². The quantitative estimate of drug-likeness (QED) is 0.812. The standard InChI is InChI=1S/C16H15ClF2N2O2S/c1-9(13-4-5-14(17)24-13)21-15(22)6-7-20-16(23)11-3-2-10(18)8-12(11)19/h2-5,8-9H,6-7H2,1H3,(H,20,23)(H,21,22). The number of carbonyl (C=O) groups is 2. The number of nitrogens with one attached hydrogen (secondary N) is 2. The third-order valence-corrected chi connectivity index (χ3v) is 4.63. The third-order valence-electron chi connectivity index (χ3n) is 3.21. The minimum Gasteiger partial charge on any atom is -0.351 e. The molecule has 0 aliphatic carbocycles. The maximum Gasteiger partial charge on any atom is 0.254 e. The fourth-order valence-corrected chi connectivity index (χ4v) is 3.07. The molecule has 0 saturated heterocycles. The van der Waals surface area contributed by atoms with Crippen molar-refractivity contribution in [1.82, 2.24) is 10.6 Å². The van der Waals surface area contributed by atoms with Gasteiger partial charge in [0, 0.05) is 23.9 Å². The summed E-state index contributed by atoms with van der Waals surface area (Å²) in [5.74, 6) is -2.66. The van der Waals surface area contributed by atoms with E-state index < -0.39 is 17.5 Å². The van der Waals surface area contributed by atoms with Crippen molar-refractivity contribution in [2.75, 3.05) is 6.54 Å². The van der Waals surface area contributed by atoms with Gasteiger partial charge in [0.15, 0.2) is 0 Å². The molecule has 0 aliphatic heterocycles. The largest absolute Gasteiger partial charge is 0.351 e. The molecule has 1 heterocycles. The van der Waals surface area contributed by atoms with Crippen molar-refractivity contribution in [3.05, 3.63) is 56.7 Å². The van der Waals surface area contributed by atoms with Gasteiger partial charge in [0.1, 0.15) is 11.6 Å². The first-order valence-electron chi connectivity index (χ1n) is 7.14. The van der Waals surface area contributed by atoms with Crippen LogP contribution < -0.4 is 10.6 Å². The highest BCUT2D eigenvalue weighted by Crippen LogP contribution is 2.26. The van der Waals surface area contributed by atoms with Gasteiger partial charge in [-0.2, -0.15) is 0 Å². The minimum absolute atomic E-state index is 0.0397. The molecule has 8 heteroatoms. The Bertz CT molecular complexity index is 751. The number of halogens is 3. The topological polar surface area (TPSA) is 58.2 Å². The summed E-state index contributed by atoms with van der Waals surface area (Å²) < 4.78 is 26.9. The van der Waals surface area contributed by atoms with E-state index in [4.69, 9.17) is 11.6 Å². The van der Waals surface area contributed by atoms with Crippen LogP contribution in [-0.2, 0) is 4.79 Å². The van der Waals surface area contributed by atoms with Crippen LogP contribution in [0.25, 0.3) is 0 Å². The second-order valence-electron chi connectivity index (χ2n) is 5.06. The normalized spacial score (nSPS) is 11.8. The summed E-state index contributed by atoms with van der Waals surface area (Å²) in [5, 5.41) is 5.21. The summed E-state index contributed by atoms with van der Waals surface area (Å²) in [6.45, 7) is 1.87. The molecule has 1 unspecified atom stereocenters. The average molecular weight is 373 g/mol. The van der Waals surface area contributed by atoms with Crippen LogP contribution in [0.15, 0.2) is 30.3 Å². The van der Waals surface area contributed by atoms with Gasteiger partial charge in [0.05, 0.1) is 15.9 Å². The van der Waals surface area contributed by atoms with Crippen LogP contribution in [-0.4, -0.2) is 18.4 Å². The Labute approximate surface area is 146 Å². The van der Waals surface area contributed by atoms with Gasteiger partial charge in [0.2, 0.25) is 5.91 Å². The second-order valence-corrected chi connectivity index (χ2v) is 6.81. The van der Waals surface area contributed by atoms with Crippen molar-refractivity contribution in [3.63, 3.8) is 0 Å². The Morgan fingerprint density at radius 1 is 1.25 bits per heavy atom.